The SMILES string of the molecule is Cc1nccc2ccc(Oc3ccccc3)cc12. The van der Waals surface area contributed by atoms with E-state index in [4.69, 9.17) is 4.74 Å². The summed E-state index contributed by atoms with van der Waals surface area (Å²) in [5.74, 6) is 1.68. The summed E-state index contributed by atoms with van der Waals surface area (Å²) >= 11 is 0. The molecule has 0 atom stereocenters. The average Bonchev–Trinajstić information content (AvgIpc) is 2.41. The van der Waals surface area contributed by atoms with Crippen LogP contribution in [0.1, 0.15) is 5.69 Å². The minimum absolute atomic E-state index is 0.838. The lowest BCUT2D eigenvalue weighted by molar-refractivity contribution is 0.483. The molecule has 0 radical (unpaired) electrons. The molecule has 3 rings (SSSR count). The Morgan fingerprint density at radius 1 is 0.889 bits per heavy atom. The highest BCUT2D eigenvalue weighted by atomic mass is 16.5. The molecule has 0 amide bonds. The molecule has 1 heterocycles. The van der Waals surface area contributed by atoms with Gasteiger partial charge in [-0.1, -0.05) is 24.3 Å². The third-order valence-corrected chi connectivity index (χ3v) is 2.92. The molecule has 3 aromatic rings. The van der Waals surface area contributed by atoms with Gasteiger partial charge in [-0.25, -0.2) is 0 Å². The van der Waals surface area contributed by atoms with E-state index in [0.29, 0.717) is 0 Å². The summed E-state index contributed by atoms with van der Waals surface area (Å²) < 4.78 is 5.81. The van der Waals surface area contributed by atoms with Gasteiger partial charge in [-0.3, -0.25) is 4.98 Å². The normalized spacial score (nSPS) is 10.5. The van der Waals surface area contributed by atoms with Gasteiger partial charge >= 0.3 is 0 Å². The van der Waals surface area contributed by atoms with E-state index in [-0.39, 0.29) is 0 Å². The Balaban J connectivity index is 2.01. The summed E-state index contributed by atoms with van der Waals surface area (Å²) in [6.07, 6.45) is 1.83. The molecule has 0 saturated carbocycles. The zero-order chi connectivity index (χ0) is 12.4. The third kappa shape index (κ3) is 2.05. The van der Waals surface area contributed by atoms with Gasteiger partial charge in [-0.05, 0) is 42.6 Å². The fraction of sp³-hybridized carbons (Fsp3) is 0.0625. The highest BCUT2D eigenvalue weighted by molar-refractivity contribution is 5.85. The third-order valence-electron chi connectivity index (χ3n) is 2.92. The molecule has 0 bridgehead atoms. The van der Waals surface area contributed by atoms with Crippen molar-refractivity contribution in [1.82, 2.24) is 4.98 Å². The van der Waals surface area contributed by atoms with Crippen LogP contribution in [0.4, 0.5) is 0 Å². The lowest BCUT2D eigenvalue weighted by Crippen LogP contribution is -1.86. The van der Waals surface area contributed by atoms with Gasteiger partial charge in [0.25, 0.3) is 0 Å². The van der Waals surface area contributed by atoms with Crippen molar-refractivity contribution in [1.29, 1.82) is 0 Å². The van der Waals surface area contributed by atoms with E-state index in [2.05, 4.69) is 11.1 Å². The highest BCUT2D eigenvalue weighted by Crippen LogP contribution is 2.26. The summed E-state index contributed by atoms with van der Waals surface area (Å²) in [4.78, 5) is 4.30. The maximum Gasteiger partial charge on any atom is 0.128 e. The van der Waals surface area contributed by atoms with Crippen LogP contribution in [0.2, 0.25) is 0 Å². The van der Waals surface area contributed by atoms with Gasteiger partial charge in [0.1, 0.15) is 11.5 Å². The first-order valence-corrected chi connectivity index (χ1v) is 5.91. The van der Waals surface area contributed by atoms with E-state index in [0.717, 1.165) is 22.6 Å². The van der Waals surface area contributed by atoms with Crippen molar-refractivity contribution in [2.75, 3.05) is 0 Å². The number of para-hydroxylation sites is 1. The van der Waals surface area contributed by atoms with Crippen molar-refractivity contribution < 1.29 is 4.74 Å². The van der Waals surface area contributed by atoms with Crippen LogP contribution < -0.4 is 4.74 Å². The van der Waals surface area contributed by atoms with Gasteiger partial charge in [-0.15, -0.1) is 0 Å². The molecule has 0 spiro atoms. The van der Waals surface area contributed by atoms with E-state index in [1.807, 2.05) is 61.7 Å². The lowest BCUT2D eigenvalue weighted by Gasteiger charge is -2.07. The zero-order valence-corrected chi connectivity index (χ0v) is 10.1. The fourth-order valence-corrected chi connectivity index (χ4v) is 1.98. The molecular weight excluding hydrogens is 222 g/mol. The molecule has 0 unspecified atom stereocenters. The van der Waals surface area contributed by atoms with Crippen LogP contribution in [0.15, 0.2) is 60.8 Å². The number of fused-ring (bicyclic) bond motifs is 1. The standard InChI is InChI=1S/C16H13NO/c1-12-16-11-15(8-7-13(16)9-10-17-12)18-14-5-3-2-4-6-14/h2-11H,1H3. The molecular formula is C16H13NO. The fourth-order valence-electron chi connectivity index (χ4n) is 1.98. The largest absolute Gasteiger partial charge is 0.457 e. The Hall–Kier alpha value is -2.35. The minimum Gasteiger partial charge on any atom is -0.457 e. The van der Waals surface area contributed by atoms with E-state index in [9.17, 15) is 0 Å². The predicted molar refractivity (Wildman–Crippen MR) is 73.0 cm³/mol. The molecule has 88 valence electrons. The quantitative estimate of drug-likeness (QED) is 0.659. The first-order valence-electron chi connectivity index (χ1n) is 5.91. The smallest absolute Gasteiger partial charge is 0.128 e. The topological polar surface area (TPSA) is 22.1 Å². The average molecular weight is 235 g/mol. The van der Waals surface area contributed by atoms with Crippen LogP contribution in [0, 0.1) is 6.92 Å². The molecule has 2 aromatic carbocycles. The Morgan fingerprint density at radius 2 is 1.72 bits per heavy atom. The Kier molecular flexibility index (Phi) is 2.69. The van der Waals surface area contributed by atoms with Gasteiger partial charge in [0.2, 0.25) is 0 Å². The number of rotatable bonds is 2. The Labute approximate surface area is 106 Å². The molecule has 18 heavy (non-hydrogen) atoms. The second-order valence-electron chi connectivity index (χ2n) is 4.19. The summed E-state index contributed by atoms with van der Waals surface area (Å²) in [6.45, 7) is 2.01. The summed E-state index contributed by atoms with van der Waals surface area (Å²) in [5, 5.41) is 2.31. The number of aryl methyl sites for hydroxylation is 1. The molecule has 0 aliphatic carbocycles. The summed E-state index contributed by atoms with van der Waals surface area (Å²) in [5.41, 5.74) is 1.02. The number of nitrogens with zero attached hydrogens (tertiary/aromatic N) is 1. The number of ether oxygens (including phenoxy) is 1. The van der Waals surface area contributed by atoms with Crippen molar-refractivity contribution in [3.8, 4) is 11.5 Å². The van der Waals surface area contributed by atoms with Gasteiger partial charge in [0.15, 0.2) is 0 Å². The van der Waals surface area contributed by atoms with Crippen LogP contribution in [-0.4, -0.2) is 4.98 Å². The predicted octanol–water partition coefficient (Wildman–Crippen LogP) is 4.34. The number of hydrogen-bond acceptors (Lipinski definition) is 2. The first kappa shape index (κ1) is 10.8. The molecule has 0 N–H and O–H groups in total. The number of hydrogen-bond donors (Lipinski definition) is 0. The minimum atomic E-state index is 0.838. The van der Waals surface area contributed by atoms with E-state index < -0.39 is 0 Å². The zero-order valence-electron chi connectivity index (χ0n) is 10.1. The second kappa shape index (κ2) is 4.49. The monoisotopic (exact) mass is 235 g/mol. The molecule has 0 saturated heterocycles. The van der Waals surface area contributed by atoms with Crippen molar-refractivity contribution in [2.45, 2.75) is 6.92 Å². The summed E-state index contributed by atoms with van der Waals surface area (Å²) in [7, 11) is 0. The van der Waals surface area contributed by atoms with Gasteiger partial charge < -0.3 is 4.74 Å². The molecule has 2 nitrogen and oxygen atoms in total. The van der Waals surface area contributed by atoms with Crippen LogP contribution in [0.25, 0.3) is 10.8 Å². The van der Waals surface area contributed by atoms with E-state index in [1.54, 1.807) is 0 Å². The lowest BCUT2D eigenvalue weighted by atomic mass is 10.1. The first-order chi connectivity index (χ1) is 8.83. The van der Waals surface area contributed by atoms with Crippen molar-refractivity contribution in [3.05, 3.63) is 66.5 Å². The van der Waals surface area contributed by atoms with Gasteiger partial charge in [0, 0.05) is 17.3 Å². The number of benzene rings is 2. The van der Waals surface area contributed by atoms with Crippen LogP contribution in [-0.2, 0) is 0 Å². The summed E-state index contributed by atoms with van der Waals surface area (Å²) in [6, 6.07) is 17.9. The second-order valence-corrected chi connectivity index (χ2v) is 4.19. The maximum absolute atomic E-state index is 5.81. The number of aromatic nitrogens is 1. The molecule has 1 aromatic heterocycles. The molecule has 0 aliphatic heterocycles. The van der Waals surface area contributed by atoms with E-state index >= 15 is 0 Å². The highest BCUT2D eigenvalue weighted by Gasteiger charge is 2.01. The Morgan fingerprint density at radius 3 is 2.56 bits per heavy atom. The van der Waals surface area contributed by atoms with Gasteiger partial charge in [0.05, 0.1) is 0 Å². The van der Waals surface area contributed by atoms with Crippen molar-refractivity contribution in [3.63, 3.8) is 0 Å². The molecule has 0 fully saturated rings. The molecule has 0 aliphatic rings. The number of pyridine rings is 1. The van der Waals surface area contributed by atoms with Crippen molar-refractivity contribution >= 4 is 10.8 Å². The molecule has 2 heteroatoms. The maximum atomic E-state index is 5.81. The van der Waals surface area contributed by atoms with E-state index in [1.165, 1.54) is 5.39 Å². The Bertz CT molecular complexity index is 677. The van der Waals surface area contributed by atoms with Crippen molar-refractivity contribution in [2.24, 2.45) is 0 Å². The van der Waals surface area contributed by atoms with Crippen LogP contribution >= 0.6 is 0 Å². The van der Waals surface area contributed by atoms with Crippen LogP contribution in [0.3, 0.4) is 0 Å². The van der Waals surface area contributed by atoms with Crippen LogP contribution in [0.5, 0.6) is 11.5 Å². The van der Waals surface area contributed by atoms with Gasteiger partial charge in [-0.2, -0.15) is 0 Å².